The van der Waals surface area contributed by atoms with E-state index < -0.39 is 51.5 Å². The zero-order valence-electron chi connectivity index (χ0n) is 14.5. The molecule has 0 N–H and O–H groups in total. The first kappa shape index (κ1) is 18.2. The van der Waals surface area contributed by atoms with Crippen LogP contribution < -0.4 is 0 Å². The van der Waals surface area contributed by atoms with Gasteiger partial charge in [0, 0.05) is 22.8 Å². The van der Waals surface area contributed by atoms with Crippen molar-refractivity contribution in [3.05, 3.63) is 70.7 Å². The first-order chi connectivity index (χ1) is 13.2. The van der Waals surface area contributed by atoms with Crippen LogP contribution in [0.25, 0.3) is 32.8 Å². The van der Waals surface area contributed by atoms with Crippen molar-refractivity contribution in [3.63, 3.8) is 0 Å². The summed E-state index contributed by atoms with van der Waals surface area (Å²) >= 11 is 0. The van der Waals surface area contributed by atoms with Gasteiger partial charge in [0.15, 0.2) is 29.1 Å². The van der Waals surface area contributed by atoms with E-state index in [0.717, 1.165) is 0 Å². The van der Waals surface area contributed by atoms with Crippen molar-refractivity contribution in [3.8, 4) is 11.3 Å². The fourth-order valence-corrected chi connectivity index (χ4v) is 3.27. The Bertz CT molecular complexity index is 1300. The summed E-state index contributed by atoms with van der Waals surface area (Å²) in [6, 6.07) is 4.63. The molecule has 2 nitrogen and oxygen atoms in total. The van der Waals surface area contributed by atoms with Crippen molar-refractivity contribution in [2.75, 3.05) is 0 Å². The normalized spacial score (nSPS) is 11.6. The molecule has 2 heterocycles. The maximum atomic E-state index is 15.1. The lowest BCUT2D eigenvalue weighted by molar-refractivity contribution is 0.413. The third kappa shape index (κ3) is 2.37. The Kier molecular flexibility index (Phi) is 4.02. The van der Waals surface area contributed by atoms with Gasteiger partial charge in [0.2, 0.25) is 5.95 Å². The molecule has 0 atom stereocenters. The van der Waals surface area contributed by atoms with Crippen molar-refractivity contribution < 1.29 is 26.3 Å². The third-order valence-electron chi connectivity index (χ3n) is 4.78. The highest BCUT2D eigenvalue weighted by Crippen LogP contribution is 2.37. The zero-order valence-corrected chi connectivity index (χ0v) is 14.5. The second-order valence-electron chi connectivity index (χ2n) is 6.31. The van der Waals surface area contributed by atoms with Crippen molar-refractivity contribution in [2.45, 2.75) is 13.8 Å². The molecule has 0 saturated carbocycles. The van der Waals surface area contributed by atoms with Crippen molar-refractivity contribution >= 4 is 21.5 Å². The van der Waals surface area contributed by atoms with E-state index in [-0.39, 0.29) is 5.56 Å². The number of aromatic nitrogens is 2. The fourth-order valence-electron chi connectivity index (χ4n) is 3.27. The smallest absolute Gasteiger partial charge is 0.224 e. The average molecular weight is 392 g/mol. The monoisotopic (exact) mass is 392 g/mol. The van der Waals surface area contributed by atoms with Gasteiger partial charge in [-0.3, -0.25) is 4.98 Å². The highest BCUT2D eigenvalue weighted by Gasteiger charge is 2.29. The number of rotatable bonds is 1. The molecule has 0 spiro atoms. The van der Waals surface area contributed by atoms with Crippen LogP contribution in [0.5, 0.6) is 0 Å². The molecular weight excluding hydrogens is 382 g/mol. The highest BCUT2D eigenvalue weighted by molar-refractivity contribution is 6.00. The molecule has 0 bridgehead atoms. The largest absolute Gasteiger partial charge is 0.261 e. The van der Waals surface area contributed by atoms with E-state index >= 15 is 4.39 Å². The Hall–Kier alpha value is -3.16. The summed E-state index contributed by atoms with van der Waals surface area (Å²) in [6.45, 7) is 3.42. The summed E-state index contributed by atoms with van der Waals surface area (Å²) in [7, 11) is 0. The van der Waals surface area contributed by atoms with Gasteiger partial charge in [-0.25, -0.2) is 26.9 Å². The van der Waals surface area contributed by atoms with Crippen LogP contribution in [0.15, 0.2) is 24.4 Å². The number of nitrogens with zero attached hydrogens (tertiary/aromatic N) is 2. The van der Waals surface area contributed by atoms with Gasteiger partial charge in [0.25, 0.3) is 0 Å². The molecule has 0 amide bonds. The first-order valence-corrected chi connectivity index (χ1v) is 8.10. The van der Waals surface area contributed by atoms with Gasteiger partial charge in [-0.1, -0.05) is 18.2 Å². The number of aryl methyl sites for hydroxylation is 2. The van der Waals surface area contributed by atoms with E-state index in [0.29, 0.717) is 22.0 Å². The molecule has 28 heavy (non-hydrogen) atoms. The Morgan fingerprint density at radius 3 is 2.04 bits per heavy atom. The summed E-state index contributed by atoms with van der Waals surface area (Å²) < 4.78 is 84.8. The number of benzene rings is 2. The third-order valence-corrected chi connectivity index (χ3v) is 4.78. The van der Waals surface area contributed by atoms with Gasteiger partial charge < -0.3 is 0 Å². The Balaban J connectivity index is 2.20. The van der Waals surface area contributed by atoms with Crippen LogP contribution in [0, 0.1) is 48.9 Å². The van der Waals surface area contributed by atoms with Crippen LogP contribution in [0.2, 0.25) is 0 Å². The SMILES string of the molecule is Cc1ncc2cccc(-c3nc(F)c4c(F)c(F)c(F)c(F)c4c3F)c2c1C. The van der Waals surface area contributed by atoms with Gasteiger partial charge in [0.1, 0.15) is 5.69 Å². The Morgan fingerprint density at radius 1 is 0.714 bits per heavy atom. The molecule has 8 heteroatoms. The summed E-state index contributed by atoms with van der Waals surface area (Å²) in [5.74, 6) is -11.7. The maximum absolute atomic E-state index is 15.1. The van der Waals surface area contributed by atoms with E-state index in [1.54, 1.807) is 19.9 Å². The van der Waals surface area contributed by atoms with Crippen LogP contribution in [0.1, 0.15) is 11.3 Å². The van der Waals surface area contributed by atoms with Gasteiger partial charge in [-0.2, -0.15) is 4.39 Å². The molecule has 0 aliphatic carbocycles. The second-order valence-corrected chi connectivity index (χ2v) is 6.31. The average Bonchev–Trinajstić information content (AvgIpc) is 2.68. The van der Waals surface area contributed by atoms with Crippen molar-refractivity contribution in [2.24, 2.45) is 0 Å². The molecular formula is C20H10F6N2. The molecule has 0 radical (unpaired) electrons. The molecule has 0 saturated heterocycles. The number of hydrogen-bond acceptors (Lipinski definition) is 2. The van der Waals surface area contributed by atoms with E-state index in [4.69, 9.17) is 0 Å². The highest BCUT2D eigenvalue weighted by atomic mass is 19.2. The lowest BCUT2D eigenvalue weighted by atomic mass is 9.96. The molecule has 0 unspecified atom stereocenters. The van der Waals surface area contributed by atoms with E-state index in [1.165, 1.54) is 18.3 Å². The van der Waals surface area contributed by atoms with Crippen LogP contribution >= 0.6 is 0 Å². The molecule has 0 aliphatic heterocycles. The zero-order chi connectivity index (χ0) is 20.3. The Morgan fingerprint density at radius 2 is 1.36 bits per heavy atom. The van der Waals surface area contributed by atoms with Gasteiger partial charge >= 0.3 is 0 Å². The molecule has 2 aromatic carbocycles. The van der Waals surface area contributed by atoms with Crippen molar-refractivity contribution in [1.29, 1.82) is 0 Å². The van der Waals surface area contributed by atoms with Crippen LogP contribution in [-0.2, 0) is 0 Å². The number of halogens is 6. The molecule has 2 aromatic heterocycles. The molecule has 4 aromatic rings. The lowest BCUT2D eigenvalue weighted by Gasteiger charge is -2.13. The lowest BCUT2D eigenvalue weighted by Crippen LogP contribution is -2.06. The molecule has 0 fully saturated rings. The van der Waals surface area contributed by atoms with Crippen LogP contribution in [0.3, 0.4) is 0 Å². The predicted molar refractivity (Wildman–Crippen MR) is 91.7 cm³/mol. The minimum Gasteiger partial charge on any atom is -0.261 e. The summed E-state index contributed by atoms with van der Waals surface area (Å²) in [5.41, 5.74) is 0.704. The second kappa shape index (κ2) is 6.19. The molecule has 142 valence electrons. The predicted octanol–water partition coefficient (Wildman–Crippen LogP) is 5.90. The van der Waals surface area contributed by atoms with Crippen LogP contribution in [0.4, 0.5) is 26.3 Å². The summed E-state index contributed by atoms with van der Waals surface area (Å²) in [5, 5.41) is -1.66. The minimum absolute atomic E-state index is 0.0864. The van der Waals surface area contributed by atoms with Gasteiger partial charge in [-0.15, -0.1) is 0 Å². The number of pyridine rings is 2. The summed E-state index contributed by atoms with van der Waals surface area (Å²) in [4.78, 5) is 7.60. The quantitative estimate of drug-likeness (QED) is 0.174. The van der Waals surface area contributed by atoms with E-state index in [9.17, 15) is 22.0 Å². The Labute approximate surface area is 154 Å². The van der Waals surface area contributed by atoms with E-state index in [2.05, 4.69) is 9.97 Å². The van der Waals surface area contributed by atoms with E-state index in [1.807, 2.05) is 0 Å². The fraction of sp³-hybridized carbons (Fsp3) is 0.100. The minimum atomic E-state index is -2.24. The topological polar surface area (TPSA) is 25.8 Å². The summed E-state index contributed by atoms with van der Waals surface area (Å²) in [6.07, 6.45) is 1.52. The number of fused-ring (bicyclic) bond motifs is 2. The van der Waals surface area contributed by atoms with Gasteiger partial charge in [0.05, 0.1) is 10.8 Å². The molecule has 4 rings (SSSR count). The standard InChI is InChI=1S/C20H10F6N2/c1-7-8(2)27-6-9-4-3-5-10(11(7)9)19-16(23)12-13(20(26)28-19)15(22)18(25)17(24)14(12)21/h3-6H,1-2H3. The van der Waals surface area contributed by atoms with Crippen LogP contribution in [-0.4, -0.2) is 9.97 Å². The maximum Gasteiger partial charge on any atom is 0.224 e. The van der Waals surface area contributed by atoms with Gasteiger partial charge in [-0.05, 0) is 24.8 Å². The molecule has 0 aliphatic rings. The van der Waals surface area contributed by atoms with Crippen molar-refractivity contribution in [1.82, 2.24) is 9.97 Å². The first-order valence-electron chi connectivity index (χ1n) is 8.10. The number of hydrogen-bond donors (Lipinski definition) is 0.